The molecule has 0 bridgehead atoms. The van der Waals surface area contributed by atoms with E-state index in [0.717, 1.165) is 39.0 Å². The van der Waals surface area contributed by atoms with Crippen LogP contribution in [-0.2, 0) is 0 Å². The van der Waals surface area contributed by atoms with Crippen LogP contribution in [0.5, 0.6) is 0 Å². The minimum Gasteiger partial charge on any atom is -0.436 e. The molecular weight excluding hydrogens is 536 g/mol. The van der Waals surface area contributed by atoms with Crippen molar-refractivity contribution in [3.05, 3.63) is 158 Å². The second-order valence-electron chi connectivity index (χ2n) is 11.3. The van der Waals surface area contributed by atoms with Crippen molar-refractivity contribution in [2.75, 3.05) is 0 Å². The van der Waals surface area contributed by atoms with E-state index in [1.54, 1.807) is 0 Å². The summed E-state index contributed by atoms with van der Waals surface area (Å²) in [6.07, 6.45) is 0. The highest BCUT2D eigenvalue weighted by Crippen LogP contribution is 2.34. The molecule has 3 heteroatoms. The van der Waals surface area contributed by atoms with Crippen molar-refractivity contribution >= 4 is 43.7 Å². The van der Waals surface area contributed by atoms with E-state index in [9.17, 15) is 0 Å². The number of oxazole rings is 1. The summed E-state index contributed by atoms with van der Waals surface area (Å²) in [6, 6.07) is 55.7. The molecule has 0 aliphatic heterocycles. The SMILES string of the molecule is c1ccc2cc(-c3ccc4nc(-c5ccc(-c6ccc(-n7c8ccccc8c8ccccc87)cc6)cc5)oc4c3)ccc2c1. The number of para-hydroxylation sites is 2. The molecule has 2 heterocycles. The average molecular weight is 563 g/mol. The van der Waals surface area contributed by atoms with Crippen molar-refractivity contribution in [2.24, 2.45) is 0 Å². The first-order valence-corrected chi connectivity index (χ1v) is 14.9. The highest BCUT2D eigenvalue weighted by Gasteiger charge is 2.13. The predicted octanol–water partition coefficient (Wildman–Crippen LogP) is 11.1. The molecular formula is C41H26N2O. The van der Waals surface area contributed by atoms with Gasteiger partial charge in [0.1, 0.15) is 5.52 Å². The molecule has 0 saturated heterocycles. The maximum atomic E-state index is 6.26. The van der Waals surface area contributed by atoms with Crippen LogP contribution in [-0.4, -0.2) is 9.55 Å². The van der Waals surface area contributed by atoms with E-state index < -0.39 is 0 Å². The van der Waals surface area contributed by atoms with Crippen molar-refractivity contribution in [1.82, 2.24) is 9.55 Å². The van der Waals surface area contributed by atoms with Gasteiger partial charge < -0.3 is 8.98 Å². The van der Waals surface area contributed by atoms with Gasteiger partial charge in [-0.05, 0) is 87.6 Å². The Labute approximate surface area is 254 Å². The predicted molar refractivity (Wildman–Crippen MR) is 182 cm³/mol. The summed E-state index contributed by atoms with van der Waals surface area (Å²) >= 11 is 0. The van der Waals surface area contributed by atoms with Gasteiger partial charge in [0.2, 0.25) is 5.89 Å². The lowest BCUT2D eigenvalue weighted by atomic mass is 10.0. The van der Waals surface area contributed by atoms with E-state index in [0.29, 0.717) is 5.89 Å². The van der Waals surface area contributed by atoms with Gasteiger partial charge in [-0.1, -0.05) is 103 Å². The first-order chi connectivity index (χ1) is 21.8. The van der Waals surface area contributed by atoms with E-state index in [2.05, 4.69) is 156 Å². The van der Waals surface area contributed by atoms with Gasteiger partial charge in [-0.2, -0.15) is 0 Å². The largest absolute Gasteiger partial charge is 0.436 e. The van der Waals surface area contributed by atoms with Gasteiger partial charge in [0.15, 0.2) is 5.58 Å². The Kier molecular flexibility index (Phi) is 5.50. The summed E-state index contributed by atoms with van der Waals surface area (Å²) in [5.41, 5.74) is 10.8. The molecule has 0 aliphatic carbocycles. The Bertz CT molecular complexity index is 2430. The summed E-state index contributed by atoms with van der Waals surface area (Å²) in [6.45, 7) is 0. The second-order valence-corrected chi connectivity index (χ2v) is 11.3. The van der Waals surface area contributed by atoms with Gasteiger partial charge in [0, 0.05) is 22.0 Å². The quantitative estimate of drug-likeness (QED) is 0.214. The van der Waals surface area contributed by atoms with Gasteiger partial charge in [0.25, 0.3) is 0 Å². The van der Waals surface area contributed by atoms with Crippen LogP contribution < -0.4 is 0 Å². The summed E-state index contributed by atoms with van der Waals surface area (Å²) in [7, 11) is 0. The average Bonchev–Trinajstić information content (AvgIpc) is 3.67. The Balaban J connectivity index is 1.01. The molecule has 9 aromatic rings. The Morgan fingerprint density at radius 3 is 1.70 bits per heavy atom. The van der Waals surface area contributed by atoms with Crippen LogP contribution in [0.4, 0.5) is 0 Å². The van der Waals surface area contributed by atoms with E-state index in [1.807, 2.05) is 6.07 Å². The summed E-state index contributed by atoms with van der Waals surface area (Å²) in [5.74, 6) is 0.629. The Morgan fingerprint density at radius 1 is 0.432 bits per heavy atom. The fourth-order valence-electron chi connectivity index (χ4n) is 6.41. The number of hydrogen-bond acceptors (Lipinski definition) is 2. The molecule has 0 saturated carbocycles. The highest BCUT2D eigenvalue weighted by molar-refractivity contribution is 6.09. The summed E-state index contributed by atoms with van der Waals surface area (Å²) in [5, 5.41) is 5.00. The van der Waals surface area contributed by atoms with Gasteiger partial charge in [0.05, 0.1) is 11.0 Å². The van der Waals surface area contributed by atoms with Gasteiger partial charge in [-0.3, -0.25) is 0 Å². The second kappa shape index (κ2) is 9.82. The zero-order valence-electron chi connectivity index (χ0n) is 23.8. The molecule has 0 amide bonds. The molecule has 0 unspecified atom stereocenters. The van der Waals surface area contributed by atoms with E-state index >= 15 is 0 Å². The lowest BCUT2D eigenvalue weighted by Crippen LogP contribution is -1.93. The molecule has 0 aliphatic rings. The number of hydrogen-bond donors (Lipinski definition) is 0. The van der Waals surface area contributed by atoms with Crippen LogP contribution in [0.25, 0.3) is 83.1 Å². The topological polar surface area (TPSA) is 31.0 Å². The molecule has 7 aromatic carbocycles. The Hall–Kier alpha value is -5.93. The van der Waals surface area contributed by atoms with E-state index in [4.69, 9.17) is 9.40 Å². The van der Waals surface area contributed by atoms with Crippen LogP contribution in [0.2, 0.25) is 0 Å². The highest BCUT2D eigenvalue weighted by atomic mass is 16.3. The number of aromatic nitrogens is 2. The zero-order valence-corrected chi connectivity index (χ0v) is 23.8. The van der Waals surface area contributed by atoms with Crippen LogP contribution >= 0.6 is 0 Å². The molecule has 2 aromatic heterocycles. The van der Waals surface area contributed by atoms with Gasteiger partial charge in [-0.15, -0.1) is 0 Å². The minimum absolute atomic E-state index is 0.629. The summed E-state index contributed by atoms with van der Waals surface area (Å²) < 4.78 is 8.61. The number of nitrogens with zero attached hydrogens (tertiary/aromatic N) is 2. The third-order valence-electron chi connectivity index (χ3n) is 8.64. The Morgan fingerprint density at radius 2 is 0.977 bits per heavy atom. The van der Waals surface area contributed by atoms with Crippen LogP contribution in [0.3, 0.4) is 0 Å². The molecule has 0 radical (unpaired) electrons. The van der Waals surface area contributed by atoms with Gasteiger partial charge >= 0.3 is 0 Å². The lowest BCUT2D eigenvalue weighted by Gasteiger charge is -2.09. The molecule has 0 fully saturated rings. The maximum absolute atomic E-state index is 6.26. The van der Waals surface area contributed by atoms with Crippen molar-refractivity contribution in [1.29, 1.82) is 0 Å². The lowest BCUT2D eigenvalue weighted by molar-refractivity contribution is 0.620. The maximum Gasteiger partial charge on any atom is 0.227 e. The normalized spacial score (nSPS) is 11.6. The van der Waals surface area contributed by atoms with Crippen LogP contribution in [0.15, 0.2) is 162 Å². The molecule has 0 N–H and O–H groups in total. The summed E-state index contributed by atoms with van der Waals surface area (Å²) in [4.78, 5) is 4.79. The van der Waals surface area contributed by atoms with Crippen molar-refractivity contribution in [3.63, 3.8) is 0 Å². The fraction of sp³-hybridized carbons (Fsp3) is 0. The third-order valence-corrected chi connectivity index (χ3v) is 8.64. The number of fused-ring (bicyclic) bond motifs is 5. The minimum atomic E-state index is 0.629. The number of rotatable bonds is 4. The zero-order chi connectivity index (χ0) is 29.0. The van der Waals surface area contributed by atoms with Crippen LogP contribution in [0, 0.1) is 0 Å². The van der Waals surface area contributed by atoms with Gasteiger partial charge in [-0.25, -0.2) is 4.98 Å². The van der Waals surface area contributed by atoms with Crippen molar-refractivity contribution in [3.8, 4) is 39.4 Å². The first-order valence-electron chi connectivity index (χ1n) is 14.9. The molecule has 3 nitrogen and oxygen atoms in total. The van der Waals surface area contributed by atoms with E-state index in [1.165, 1.54) is 38.1 Å². The molecule has 0 spiro atoms. The molecule has 9 rings (SSSR count). The standard InChI is InChI=1S/C41H26N2O/c1-2-8-31-25-32(18-15-27(31)7-1)33-21-24-37-40(26-33)44-41(42-37)30-16-13-28(14-17-30)29-19-22-34(23-20-29)43-38-11-5-3-9-35(38)36-10-4-6-12-39(36)43/h1-26H. The smallest absolute Gasteiger partial charge is 0.227 e. The monoisotopic (exact) mass is 562 g/mol. The van der Waals surface area contributed by atoms with E-state index in [-0.39, 0.29) is 0 Å². The molecule has 44 heavy (non-hydrogen) atoms. The molecule has 0 atom stereocenters. The van der Waals surface area contributed by atoms with Crippen molar-refractivity contribution < 1.29 is 4.42 Å². The number of benzene rings is 7. The molecule has 206 valence electrons. The first kappa shape index (κ1) is 24.6. The van der Waals surface area contributed by atoms with Crippen molar-refractivity contribution in [2.45, 2.75) is 0 Å². The van der Waals surface area contributed by atoms with Crippen LogP contribution in [0.1, 0.15) is 0 Å². The third kappa shape index (κ3) is 4.02. The fourth-order valence-corrected chi connectivity index (χ4v) is 6.41.